The van der Waals surface area contributed by atoms with Gasteiger partial charge in [0.25, 0.3) is 5.78 Å². The Morgan fingerprint density at radius 1 is 0.333 bits per heavy atom. The van der Waals surface area contributed by atoms with Crippen molar-refractivity contribution in [3.8, 4) is 0 Å². The van der Waals surface area contributed by atoms with Crippen molar-refractivity contribution < 1.29 is 71.2 Å². The van der Waals surface area contributed by atoms with Crippen LogP contribution in [0.5, 0.6) is 0 Å². The van der Waals surface area contributed by atoms with Gasteiger partial charge in [-0.1, -0.05) is 127 Å². The summed E-state index contributed by atoms with van der Waals surface area (Å²) in [4.78, 5) is 35.6. The molecule has 15 heteroatoms. The van der Waals surface area contributed by atoms with E-state index in [0.29, 0.717) is 138 Å². The third kappa shape index (κ3) is 43.1. The summed E-state index contributed by atoms with van der Waals surface area (Å²) in [5.41, 5.74) is 0.294. The van der Waals surface area contributed by atoms with E-state index in [2.05, 4.69) is 6.92 Å². The van der Waals surface area contributed by atoms with Gasteiger partial charge in [0.15, 0.2) is 0 Å². The molecule has 0 amide bonds. The van der Waals surface area contributed by atoms with Crippen molar-refractivity contribution in [1.82, 2.24) is 0 Å². The molecule has 0 heterocycles. The summed E-state index contributed by atoms with van der Waals surface area (Å²) in [6, 6.07) is 8.26. The largest absolute Gasteiger partial charge is 0.463 e. The van der Waals surface area contributed by atoms with Gasteiger partial charge >= 0.3 is 11.9 Å². The van der Waals surface area contributed by atoms with Crippen molar-refractivity contribution in [2.45, 2.75) is 110 Å². The van der Waals surface area contributed by atoms with E-state index < -0.39 is 11.8 Å². The molecule has 1 aromatic carbocycles. The molecule has 0 atom stereocenters. The van der Waals surface area contributed by atoms with Crippen LogP contribution >= 0.6 is 0 Å². The number of esters is 2. The summed E-state index contributed by atoms with van der Waals surface area (Å²) in [6.45, 7) is 11.2. The lowest BCUT2D eigenvalue weighted by molar-refractivity contribution is -0.145. The van der Waals surface area contributed by atoms with Crippen molar-refractivity contribution in [2.75, 3.05) is 145 Å². The third-order valence-electron chi connectivity index (χ3n) is 9.51. The van der Waals surface area contributed by atoms with Crippen molar-refractivity contribution in [3.63, 3.8) is 0 Å². The fraction of sp³-hybridized carbons (Fsp3) is 0.812. The number of Topliss-reactive ketones (excluding diaryl/α,β-unsaturated/α-hetero) is 1. The van der Waals surface area contributed by atoms with E-state index in [1.165, 1.54) is 83.5 Å². The molecule has 0 fully saturated rings. The molecule has 0 aliphatic heterocycles. The van der Waals surface area contributed by atoms with Gasteiger partial charge in [-0.15, -0.1) is 0 Å². The number of hydrogen-bond acceptors (Lipinski definition) is 15. The molecule has 0 bridgehead atoms. The average molecular weight is 901 g/mol. The number of hydrogen-bond donors (Lipinski definition) is 0. The van der Waals surface area contributed by atoms with Crippen LogP contribution in [0.2, 0.25) is 0 Å². The van der Waals surface area contributed by atoms with Gasteiger partial charge in [-0.3, -0.25) is 9.59 Å². The molecule has 63 heavy (non-hydrogen) atoms. The second-order valence-corrected chi connectivity index (χ2v) is 14.9. The first-order valence-electron chi connectivity index (χ1n) is 23.8. The predicted octanol–water partition coefficient (Wildman–Crippen LogP) is 7.38. The van der Waals surface area contributed by atoms with Gasteiger partial charge in [0, 0.05) is 12.0 Å². The van der Waals surface area contributed by atoms with Crippen LogP contribution in [0.3, 0.4) is 0 Å². The van der Waals surface area contributed by atoms with Crippen LogP contribution in [0.15, 0.2) is 30.3 Å². The van der Waals surface area contributed by atoms with Gasteiger partial charge in [0.05, 0.1) is 132 Å². The first-order valence-corrected chi connectivity index (χ1v) is 23.8. The topological polar surface area (TPSA) is 162 Å². The second kappa shape index (κ2) is 48.9. The molecule has 366 valence electrons. The predicted molar refractivity (Wildman–Crippen MR) is 240 cm³/mol. The molecule has 15 nitrogen and oxygen atoms in total. The molecular formula is C48H84O15. The van der Waals surface area contributed by atoms with Gasteiger partial charge in [0.1, 0.15) is 13.2 Å². The lowest BCUT2D eigenvalue weighted by atomic mass is 10.0. The molecule has 0 spiro atoms. The number of ketones is 1. The molecule has 0 aliphatic rings. The summed E-state index contributed by atoms with van der Waals surface area (Å²) in [5, 5.41) is 0. The maximum absolute atomic E-state index is 11.9. The van der Waals surface area contributed by atoms with Gasteiger partial charge in [-0.25, -0.2) is 4.79 Å². The molecule has 0 saturated heterocycles. The number of carbonyl (C=O) groups excluding carboxylic acids is 3. The molecule has 1 aromatic rings. The first kappa shape index (κ1) is 58.4. The van der Waals surface area contributed by atoms with Crippen molar-refractivity contribution in [3.05, 3.63) is 35.9 Å². The minimum Gasteiger partial charge on any atom is -0.463 e. The zero-order valence-electron chi connectivity index (χ0n) is 38.9. The van der Waals surface area contributed by atoms with E-state index in [4.69, 9.17) is 56.8 Å². The second-order valence-electron chi connectivity index (χ2n) is 14.9. The molecule has 1 rings (SSSR count). The van der Waals surface area contributed by atoms with E-state index in [1.807, 2.05) is 0 Å². The molecular weight excluding hydrogens is 817 g/mol. The van der Waals surface area contributed by atoms with Crippen LogP contribution in [0.4, 0.5) is 0 Å². The average Bonchev–Trinajstić information content (AvgIpc) is 3.30. The summed E-state index contributed by atoms with van der Waals surface area (Å²) in [7, 11) is 0. The summed E-state index contributed by atoms with van der Waals surface area (Å²) < 4.78 is 64.9. The van der Waals surface area contributed by atoms with E-state index in [1.54, 1.807) is 30.3 Å². The van der Waals surface area contributed by atoms with Crippen molar-refractivity contribution in [1.29, 1.82) is 0 Å². The van der Waals surface area contributed by atoms with Gasteiger partial charge in [-0.05, 0) is 6.42 Å². The van der Waals surface area contributed by atoms with E-state index in [9.17, 15) is 14.4 Å². The minimum absolute atomic E-state index is 0.00641. The van der Waals surface area contributed by atoms with Crippen molar-refractivity contribution >= 4 is 17.7 Å². The van der Waals surface area contributed by atoms with Crippen LogP contribution in [-0.4, -0.2) is 163 Å². The maximum Gasteiger partial charge on any atom is 0.379 e. The number of unbranched alkanes of at least 4 members (excludes halogenated alkanes) is 14. The van der Waals surface area contributed by atoms with E-state index in [0.717, 1.165) is 12.8 Å². The highest BCUT2D eigenvalue weighted by Gasteiger charge is 2.17. The SMILES string of the molecule is CCCCCCCCCCCCCCCCCC(=O)OCCOCCOCCOCCOCCOCCOCCOCCOCCOCCOCCOC(=O)C(=O)c1ccccc1. The van der Waals surface area contributed by atoms with Crippen LogP contribution in [0.25, 0.3) is 0 Å². The highest BCUT2D eigenvalue weighted by atomic mass is 16.6. The molecule has 0 aliphatic carbocycles. The Balaban J connectivity index is 1.65. The van der Waals surface area contributed by atoms with Crippen LogP contribution in [0, 0.1) is 0 Å². The first-order chi connectivity index (χ1) is 31.1. The monoisotopic (exact) mass is 901 g/mol. The fourth-order valence-electron chi connectivity index (χ4n) is 5.97. The fourth-order valence-corrected chi connectivity index (χ4v) is 5.97. The highest BCUT2D eigenvalue weighted by Crippen LogP contribution is 2.14. The molecule has 0 N–H and O–H groups in total. The summed E-state index contributed by atoms with van der Waals surface area (Å²) in [6.07, 6.45) is 20.1. The Hall–Kier alpha value is -2.57. The Morgan fingerprint density at radius 3 is 0.921 bits per heavy atom. The number of ether oxygens (including phenoxy) is 12. The standard InChI is InChI=1S/C48H84O15/c1-2-3-4-5-6-7-8-9-10-11-12-13-14-15-19-22-46(49)62-43-41-60-39-37-58-35-33-56-31-29-54-27-25-52-23-24-53-26-28-55-30-32-57-34-36-59-38-40-61-42-44-63-48(51)47(50)45-20-17-16-18-21-45/h16-18,20-21H,2-15,19,22-44H2,1H3. The Morgan fingerprint density at radius 2 is 0.603 bits per heavy atom. The number of benzene rings is 1. The summed E-state index contributed by atoms with van der Waals surface area (Å²) >= 11 is 0. The van der Waals surface area contributed by atoms with Crippen LogP contribution < -0.4 is 0 Å². The lowest BCUT2D eigenvalue weighted by Gasteiger charge is -2.09. The smallest absolute Gasteiger partial charge is 0.379 e. The zero-order valence-corrected chi connectivity index (χ0v) is 38.9. The van der Waals surface area contributed by atoms with E-state index >= 15 is 0 Å². The van der Waals surface area contributed by atoms with E-state index in [-0.39, 0.29) is 25.8 Å². The molecule has 0 radical (unpaired) electrons. The summed E-state index contributed by atoms with van der Waals surface area (Å²) in [5.74, 6) is -1.71. The maximum atomic E-state index is 11.9. The molecule has 0 aromatic heterocycles. The Kier molecular flexibility index (Phi) is 45.3. The number of carbonyl (C=O) groups is 3. The minimum atomic E-state index is -0.899. The Bertz CT molecular complexity index is 1130. The van der Waals surface area contributed by atoms with Crippen LogP contribution in [-0.2, 0) is 66.4 Å². The van der Waals surface area contributed by atoms with Crippen LogP contribution in [0.1, 0.15) is 120 Å². The third-order valence-corrected chi connectivity index (χ3v) is 9.51. The highest BCUT2D eigenvalue weighted by molar-refractivity contribution is 6.40. The van der Waals surface area contributed by atoms with Gasteiger partial charge in [-0.2, -0.15) is 0 Å². The van der Waals surface area contributed by atoms with Gasteiger partial charge in [0.2, 0.25) is 0 Å². The lowest BCUT2D eigenvalue weighted by Crippen LogP contribution is -2.20. The zero-order chi connectivity index (χ0) is 45.2. The van der Waals surface area contributed by atoms with Gasteiger partial charge < -0.3 is 56.8 Å². The quantitative estimate of drug-likeness (QED) is 0.0275. The number of rotatable bonds is 51. The Labute approximate surface area is 379 Å². The van der Waals surface area contributed by atoms with Crippen molar-refractivity contribution in [2.24, 2.45) is 0 Å². The molecule has 0 saturated carbocycles. The normalized spacial score (nSPS) is 11.3. The molecule has 0 unspecified atom stereocenters.